The van der Waals surface area contributed by atoms with Gasteiger partial charge in [-0.25, -0.2) is 4.79 Å². The van der Waals surface area contributed by atoms with Gasteiger partial charge in [-0.1, -0.05) is 43.3 Å². The first kappa shape index (κ1) is 22.1. The average molecular weight is 463 g/mol. The second kappa shape index (κ2) is 8.92. The predicted molar refractivity (Wildman–Crippen MR) is 123 cm³/mol. The molecule has 34 heavy (non-hydrogen) atoms. The lowest BCUT2D eigenvalue weighted by Gasteiger charge is -2.28. The summed E-state index contributed by atoms with van der Waals surface area (Å²) in [4.78, 5) is 39.7. The number of H-pyrrole nitrogens is 1. The van der Waals surface area contributed by atoms with Crippen molar-refractivity contribution in [3.05, 3.63) is 92.3 Å². The summed E-state index contributed by atoms with van der Waals surface area (Å²) >= 11 is 0. The molecule has 0 aliphatic carbocycles. The van der Waals surface area contributed by atoms with Crippen molar-refractivity contribution < 1.29 is 19.4 Å². The second-order valence-electron chi connectivity index (χ2n) is 8.46. The smallest absolute Gasteiger partial charge is 0.330 e. The first-order valence-corrected chi connectivity index (χ1v) is 11.3. The highest BCUT2D eigenvalue weighted by atomic mass is 16.5. The molecule has 1 amide bonds. The number of aromatic nitrogens is 2. The first-order valence-electron chi connectivity index (χ1n) is 11.3. The van der Waals surface area contributed by atoms with Crippen LogP contribution in [0.25, 0.3) is 0 Å². The van der Waals surface area contributed by atoms with E-state index < -0.39 is 35.6 Å². The Hall–Kier alpha value is -3.69. The van der Waals surface area contributed by atoms with Crippen LogP contribution in [0.5, 0.6) is 11.5 Å². The number of aliphatic hydroxyl groups excluding tert-OH is 1. The Labute approximate surface area is 195 Å². The molecule has 2 aromatic carbocycles. The number of aromatic amines is 1. The fourth-order valence-corrected chi connectivity index (χ4v) is 4.56. The maximum atomic E-state index is 13.3. The third-order valence-electron chi connectivity index (χ3n) is 6.36. The van der Waals surface area contributed by atoms with Gasteiger partial charge < -0.3 is 19.9 Å². The van der Waals surface area contributed by atoms with E-state index in [1.807, 2.05) is 55.5 Å². The molecule has 1 saturated heterocycles. The van der Waals surface area contributed by atoms with Crippen molar-refractivity contribution in [2.45, 2.75) is 44.1 Å². The second-order valence-corrected chi connectivity index (χ2v) is 8.46. The number of fused-ring (bicyclic) bond motifs is 2. The number of aryl methyl sites for hydroxylation is 1. The molecule has 3 N–H and O–H groups in total. The molecule has 2 aliphatic heterocycles. The third kappa shape index (κ3) is 3.93. The highest BCUT2D eigenvalue weighted by molar-refractivity contribution is 5.89. The van der Waals surface area contributed by atoms with Crippen LogP contribution in [0.3, 0.4) is 0 Å². The normalized spacial score (nSPS) is 21.4. The van der Waals surface area contributed by atoms with Crippen molar-refractivity contribution in [1.29, 1.82) is 0 Å². The van der Waals surface area contributed by atoms with Gasteiger partial charge in [0.05, 0.1) is 12.0 Å². The molecule has 3 unspecified atom stereocenters. The van der Waals surface area contributed by atoms with Gasteiger partial charge in [0.25, 0.3) is 5.56 Å². The van der Waals surface area contributed by atoms with E-state index in [0.717, 1.165) is 11.1 Å². The SMILES string of the molecule is CCc1cn(C2CC(O)C(CNC(=O)C3c4ccccc4Oc4ccccc43)O2)c(=O)[nH]c1=O. The summed E-state index contributed by atoms with van der Waals surface area (Å²) in [7, 11) is 0. The van der Waals surface area contributed by atoms with Gasteiger partial charge in [0.15, 0.2) is 0 Å². The van der Waals surface area contributed by atoms with Gasteiger partial charge in [0.2, 0.25) is 5.91 Å². The average Bonchev–Trinajstić information content (AvgIpc) is 3.21. The monoisotopic (exact) mass is 463 g/mol. The van der Waals surface area contributed by atoms with E-state index in [-0.39, 0.29) is 18.9 Å². The Morgan fingerprint density at radius 1 is 1.12 bits per heavy atom. The van der Waals surface area contributed by atoms with Gasteiger partial charge in [-0.05, 0) is 18.6 Å². The van der Waals surface area contributed by atoms with Crippen LogP contribution in [0.15, 0.2) is 64.3 Å². The summed E-state index contributed by atoms with van der Waals surface area (Å²) in [5, 5.41) is 13.4. The highest BCUT2D eigenvalue weighted by Gasteiger charge is 2.37. The van der Waals surface area contributed by atoms with Crippen LogP contribution in [0, 0.1) is 0 Å². The van der Waals surface area contributed by atoms with Gasteiger partial charge in [0.1, 0.15) is 23.8 Å². The van der Waals surface area contributed by atoms with Crippen molar-refractivity contribution >= 4 is 5.91 Å². The lowest BCUT2D eigenvalue weighted by atomic mass is 9.87. The zero-order valence-corrected chi connectivity index (χ0v) is 18.6. The van der Waals surface area contributed by atoms with E-state index in [4.69, 9.17) is 9.47 Å². The lowest BCUT2D eigenvalue weighted by Crippen LogP contribution is -2.40. The Kier molecular flexibility index (Phi) is 5.80. The zero-order valence-electron chi connectivity index (χ0n) is 18.6. The number of benzene rings is 2. The largest absolute Gasteiger partial charge is 0.457 e. The zero-order chi connectivity index (χ0) is 23.8. The minimum Gasteiger partial charge on any atom is -0.457 e. The van der Waals surface area contributed by atoms with Crippen molar-refractivity contribution in [1.82, 2.24) is 14.9 Å². The summed E-state index contributed by atoms with van der Waals surface area (Å²) in [6, 6.07) is 14.8. The van der Waals surface area contributed by atoms with Gasteiger partial charge >= 0.3 is 5.69 Å². The third-order valence-corrected chi connectivity index (χ3v) is 6.36. The van der Waals surface area contributed by atoms with Crippen LogP contribution in [0.4, 0.5) is 0 Å². The Morgan fingerprint density at radius 3 is 2.41 bits per heavy atom. The molecule has 176 valence electrons. The molecule has 0 radical (unpaired) electrons. The van der Waals surface area contributed by atoms with E-state index >= 15 is 0 Å². The molecule has 9 heteroatoms. The summed E-state index contributed by atoms with van der Waals surface area (Å²) < 4.78 is 13.1. The molecule has 2 aliphatic rings. The van der Waals surface area contributed by atoms with E-state index in [9.17, 15) is 19.5 Å². The Balaban J connectivity index is 1.33. The predicted octanol–water partition coefficient (Wildman–Crippen LogP) is 1.80. The van der Waals surface area contributed by atoms with E-state index in [1.54, 1.807) is 0 Å². The van der Waals surface area contributed by atoms with Gasteiger partial charge in [-0.3, -0.25) is 19.1 Å². The topological polar surface area (TPSA) is 123 Å². The van der Waals surface area contributed by atoms with Crippen molar-refractivity contribution in [2.24, 2.45) is 0 Å². The summed E-state index contributed by atoms with van der Waals surface area (Å²) in [5.41, 5.74) is 0.946. The standard InChI is InChI=1S/C25H25N3O6/c1-2-14-13-28(25(32)27-23(14)30)21-11-17(29)20(34-21)12-26-24(31)22-15-7-3-5-9-18(15)33-19-10-6-4-8-16(19)22/h3-10,13,17,20-22,29H,2,11-12H2,1H3,(H,26,31)(H,27,30,32). The lowest BCUT2D eigenvalue weighted by molar-refractivity contribution is -0.123. The molecular weight excluding hydrogens is 438 g/mol. The van der Waals surface area contributed by atoms with Crippen LogP contribution < -0.4 is 21.3 Å². The maximum Gasteiger partial charge on any atom is 0.330 e. The number of rotatable bonds is 5. The minimum absolute atomic E-state index is 0.0664. The number of carbonyl (C=O) groups is 1. The Morgan fingerprint density at radius 2 is 1.76 bits per heavy atom. The summed E-state index contributed by atoms with van der Waals surface area (Å²) in [6.07, 6.45) is -0.241. The highest BCUT2D eigenvalue weighted by Crippen LogP contribution is 2.43. The maximum absolute atomic E-state index is 13.3. The molecule has 1 aromatic heterocycles. The van der Waals surface area contributed by atoms with Crippen LogP contribution in [0.2, 0.25) is 0 Å². The number of carbonyl (C=O) groups excluding carboxylic acids is 1. The molecule has 9 nitrogen and oxygen atoms in total. The van der Waals surface area contributed by atoms with Gasteiger partial charge in [-0.2, -0.15) is 0 Å². The molecule has 3 atom stereocenters. The van der Waals surface area contributed by atoms with Crippen LogP contribution in [-0.4, -0.2) is 39.3 Å². The number of nitrogens with zero attached hydrogens (tertiary/aromatic N) is 1. The van der Waals surface area contributed by atoms with Crippen molar-refractivity contribution in [2.75, 3.05) is 6.54 Å². The quantitative estimate of drug-likeness (QED) is 0.530. The van der Waals surface area contributed by atoms with E-state index in [2.05, 4.69) is 10.3 Å². The van der Waals surface area contributed by atoms with Crippen LogP contribution >= 0.6 is 0 Å². The molecule has 0 spiro atoms. The van der Waals surface area contributed by atoms with Gasteiger partial charge in [0, 0.05) is 35.9 Å². The number of para-hydroxylation sites is 2. The summed E-state index contributed by atoms with van der Waals surface area (Å²) in [5.74, 6) is 0.451. The molecule has 5 rings (SSSR count). The van der Waals surface area contributed by atoms with Gasteiger partial charge in [-0.15, -0.1) is 0 Å². The molecular formula is C25H25N3O6. The molecule has 3 aromatic rings. The number of nitrogens with one attached hydrogen (secondary N) is 2. The molecule has 1 fully saturated rings. The first-order chi connectivity index (χ1) is 16.5. The van der Waals surface area contributed by atoms with Crippen molar-refractivity contribution in [3.8, 4) is 11.5 Å². The number of hydrogen-bond acceptors (Lipinski definition) is 6. The number of ether oxygens (including phenoxy) is 2. The van der Waals surface area contributed by atoms with Crippen LogP contribution in [-0.2, 0) is 16.0 Å². The number of amides is 1. The van der Waals surface area contributed by atoms with Crippen LogP contribution in [0.1, 0.15) is 42.2 Å². The van der Waals surface area contributed by atoms with E-state index in [0.29, 0.717) is 23.5 Å². The molecule has 3 heterocycles. The summed E-state index contributed by atoms with van der Waals surface area (Å²) in [6.45, 7) is 1.88. The fourth-order valence-electron chi connectivity index (χ4n) is 4.56. The molecule has 0 bridgehead atoms. The van der Waals surface area contributed by atoms with Crippen molar-refractivity contribution in [3.63, 3.8) is 0 Å². The minimum atomic E-state index is -0.886. The number of hydrogen-bond donors (Lipinski definition) is 3. The number of aliphatic hydroxyl groups is 1. The van der Waals surface area contributed by atoms with E-state index in [1.165, 1.54) is 10.8 Å². The Bertz CT molecular complexity index is 1300. The molecule has 0 saturated carbocycles. The fraction of sp³-hybridized carbons (Fsp3) is 0.320.